The molecule has 2 N–H and O–H groups in total. The average Bonchev–Trinajstić information content (AvgIpc) is 3.42. The number of ether oxygens (including phenoxy) is 1. The van der Waals surface area contributed by atoms with Crippen LogP contribution in [-0.4, -0.2) is 35.6 Å². The van der Waals surface area contributed by atoms with Crippen molar-refractivity contribution < 1.29 is 17.5 Å². The fourth-order valence-electron chi connectivity index (χ4n) is 3.88. The molecule has 0 unspecified atom stereocenters. The van der Waals surface area contributed by atoms with Crippen LogP contribution in [0.25, 0.3) is 16.6 Å². The first kappa shape index (κ1) is 20.3. The minimum Gasteiger partial charge on any atom is -0.493 e. The second-order valence-electron chi connectivity index (χ2n) is 7.55. The quantitative estimate of drug-likeness (QED) is 0.464. The molecule has 1 aliphatic rings. The number of sulfonamides is 1. The summed E-state index contributed by atoms with van der Waals surface area (Å²) in [6.45, 7) is 0.826. The van der Waals surface area contributed by atoms with Crippen molar-refractivity contribution >= 4 is 27.2 Å². The van der Waals surface area contributed by atoms with Crippen LogP contribution in [0, 0.1) is 5.82 Å². The number of anilines is 2. The van der Waals surface area contributed by atoms with Gasteiger partial charge in [-0.2, -0.15) is 0 Å². The maximum atomic E-state index is 14.4. The summed E-state index contributed by atoms with van der Waals surface area (Å²) in [5, 5.41) is 3.21. The SMILES string of the molecule is CS(=O)(=O)Nc1ccc(-c2cnc(NCc3c(F)ccc4c3CCO4)n3cncc23)cc1. The van der Waals surface area contributed by atoms with Gasteiger partial charge in [0.1, 0.15) is 17.9 Å². The van der Waals surface area contributed by atoms with Gasteiger partial charge in [0.15, 0.2) is 0 Å². The van der Waals surface area contributed by atoms with Gasteiger partial charge in [0.05, 0.1) is 24.6 Å². The van der Waals surface area contributed by atoms with Crippen LogP contribution in [0.5, 0.6) is 5.75 Å². The standard InChI is InChI=1S/C22H20FN5O3S/c1-32(29,30)27-15-4-2-14(3-5-15)17-10-25-22(28-13-24-12-20(17)28)26-11-18-16-8-9-31-21(16)7-6-19(18)23/h2-7,10,12-13,27H,8-9,11H2,1H3,(H,25,26). The van der Waals surface area contributed by atoms with Crippen LogP contribution in [0.4, 0.5) is 16.0 Å². The van der Waals surface area contributed by atoms with E-state index in [1.165, 1.54) is 6.07 Å². The van der Waals surface area contributed by atoms with Crippen LogP contribution < -0.4 is 14.8 Å². The highest BCUT2D eigenvalue weighted by atomic mass is 32.2. The van der Waals surface area contributed by atoms with Gasteiger partial charge in [0, 0.05) is 41.5 Å². The summed E-state index contributed by atoms with van der Waals surface area (Å²) in [6.07, 6.45) is 6.87. The molecule has 1 aliphatic heterocycles. The molecule has 0 fully saturated rings. The Morgan fingerprint density at radius 3 is 2.75 bits per heavy atom. The molecule has 0 radical (unpaired) electrons. The van der Waals surface area contributed by atoms with Crippen LogP contribution in [0.1, 0.15) is 11.1 Å². The van der Waals surface area contributed by atoms with E-state index >= 15 is 0 Å². The van der Waals surface area contributed by atoms with Gasteiger partial charge in [0.2, 0.25) is 16.0 Å². The smallest absolute Gasteiger partial charge is 0.229 e. The van der Waals surface area contributed by atoms with Crippen molar-refractivity contribution in [3.8, 4) is 16.9 Å². The Hall–Kier alpha value is -3.66. The Bertz CT molecular complexity index is 1420. The van der Waals surface area contributed by atoms with Crippen molar-refractivity contribution in [2.45, 2.75) is 13.0 Å². The van der Waals surface area contributed by atoms with Gasteiger partial charge in [-0.3, -0.25) is 9.12 Å². The number of halogens is 1. The van der Waals surface area contributed by atoms with E-state index in [-0.39, 0.29) is 12.4 Å². The van der Waals surface area contributed by atoms with E-state index in [1.807, 2.05) is 12.1 Å². The molecule has 10 heteroatoms. The molecule has 2 aromatic heterocycles. The number of aromatic nitrogens is 3. The fraction of sp³-hybridized carbons (Fsp3) is 0.182. The molecule has 0 bridgehead atoms. The molecular formula is C22H20FN5O3S. The number of hydrogen-bond donors (Lipinski definition) is 2. The van der Waals surface area contributed by atoms with Gasteiger partial charge in [-0.1, -0.05) is 12.1 Å². The number of benzene rings is 2. The summed E-state index contributed by atoms with van der Waals surface area (Å²) in [7, 11) is -3.34. The van der Waals surface area contributed by atoms with Crippen LogP contribution in [-0.2, 0) is 23.0 Å². The third-order valence-electron chi connectivity index (χ3n) is 5.32. The topological polar surface area (TPSA) is 97.6 Å². The van der Waals surface area contributed by atoms with Crippen LogP contribution in [0.3, 0.4) is 0 Å². The molecule has 0 saturated carbocycles. The predicted molar refractivity (Wildman–Crippen MR) is 120 cm³/mol. The molecular weight excluding hydrogens is 433 g/mol. The first-order valence-electron chi connectivity index (χ1n) is 9.95. The minimum atomic E-state index is -3.34. The molecule has 0 spiro atoms. The largest absolute Gasteiger partial charge is 0.493 e. The summed E-state index contributed by atoms with van der Waals surface area (Å²) < 4.78 is 47.1. The number of rotatable bonds is 6. The predicted octanol–water partition coefficient (Wildman–Crippen LogP) is 3.45. The molecule has 5 rings (SSSR count). The van der Waals surface area contributed by atoms with Gasteiger partial charge in [-0.25, -0.2) is 22.8 Å². The fourth-order valence-corrected chi connectivity index (χ4v) is 4.44. The van der Waals surface area contributed by atoms with Crippen molar-refractivity contribution in [1.29, 1.82) is 0 Å². The Labute approximate surface area is 184 Å². The van der Waals surface area contributed by atoms with E-state index in [1.54, 1.807) is 41.3 Å². The lowest BCUT2D eigenvalue weighted by Crippen LogP contribution is -2.10. The van der Waals surface area contributed by atoms with E-state index in [0.29, 0.717) is 30.2 Å². The highest BCUT2D eigenvalue weighted by molar-refractivity contribution is 7.92. The molecule has 0 amide bonds. The van der Waals surface area contributed by atoms with E-state index in [2.05, 4.69) is 20.0 Å². The molecule has 32 heavy (non-hydrogen) atoms. The van der Waals surface area contributed by atoms with Gasteiger partial charge < -0.3 is 10.1 Å². The van der Waals surface area contributed by atoms with Crippen molar-refractivity contribution in [2.24, 2.45) is 0 Å². The first-order valence-corrected chi connectivity index (χ1v) is 11.8. The Balaban J connectivity index is 1.43. The monoisotopic (exact) mass is 453 g/mol. The third-order valence-corrected chi connectivity index (χ3v) is 5.93. The third kappa shape index (κ3) is 3.84. The van der Waals surface area contributed by atoms with E-state index in [9.17, 15) is 12.8 Å². The number of hydrogen-bond acceptors (Lipinski definition) is 6. The van der Waals surface area contributed by atoms with Crippen LogP contribution >= 0.6 is 0 Å². The molecule has 0 saturated heterocycles. The summed E-state index contributed by atoms with van der Waals surface area (Å²) in [6, 6.07) is 10.1. The highest BCUT2D eigenvalue weighted by Gasteiger charge is 2.20. The molecule has 3 heterocycles. The second-order valence-corrected chi connectivity index (χ2v) is 9.30. The summed E-state index contributed by atoms with van der Waals surface area (Å²) in [4.78, 5) is 8.76. The Morgan fingerprint density at radius 1 is 1.16 bits per heavy atom. The normalized spacial score (nSPS) is 13.1. The maximum Gasteiger partial charge on any atom is 0.229 e. The lowest BCUT2D eigenvalue weighted by Gasteiger charge is -2.13. The Morgan fingerprint density at radius 2 is 1.97 bits per heavy atom. The zero-order valence-corrected chi connectivity index (χ0v) is 18.0. The van der Waals surface area contributed by atoms with Gasteiger partial charge in [-0.05, 0) is 29.8 Å². The summed E-state index contributed by atoms with van der Waals surface area (Å²) in [5.74, 6) is 0.990. The average molecular weight is 453 g/mol. The van der Waals surface area contributed by atoms with E-state index < -0.39 is 10.0 Å². The van der Waals surface area contributed by atoms with E-state index in [0.717, 1.165) is 34.2 Å². The zero-order chi connectivity index (χ0) is 22.3. The highest BCUT2D eigenvalue weighted by Crippen LogP contribution is 2.31. The van der Waals surface area contributed by atoms with Gasteiger partial charge in [0.25, 0.3) is 0 Å². The molecule has 4 aromatic rings. The number of nitrogens with zero attached hydrogens (tertiary/aromatic N) is 3. The molecule has 0 atom stereocenters. The summed E-state index contributed by atoms with van der Waals surface area (Å²) >= 11 is 0. The van der Waals surface area contributed by atoms with Crippen molar-refractivity contribution in [3.05, 3.63) is 72.1 Å². The number of fused-ring (bicyclic) bond motifs is 2. The number of imidazole rings is 1. The lowest BCUT2D eigenvalue weighted by atomic mass is 10.0. The molecule has 164 valence electrons. The maximum absolute atomic E-state index is 14.4. The van der Waals surface area contributed by atoms with E-state index in [4.69, 9.17) is 4.74 Å². The first-order chi connectivity index (χ1) is 15.4. The van der Waals surface area contributed by atoms with Gasteiger partial charge >= 0.3 is 0 Å². The van der Waals surface area contributed by atoms with Crippen molar-refractivity contribution in [1.82, 2.24) is 14.4 Å². The van der Waals surface area contributed by atoms with Crippen molar-refractivity contribution in [2.75, 3.05) is 22.9 Å². The minimum absolute atomic E-state index is 0.268. The van der Waals surface area contributed by atoms with Crippen molar-refractivity contribution in [3.63, 3.8) is 0 Å². The Kier molecular flexibility index (Phi) is 4.93. The number of nitrogens with one attached hydrogen (secondary N) is 2. The lowest BCUT2D eigenvalue weighted by molar-refractivity contribution is 0.356. The van der Waals surface area contributed by atoms with Gasteiger partial charge in [-0.15, -0.1) is 0 Å². The molecule has 8 nitrogen and oxygen atoms in total. The molecule has 2 aromatic carbocycles. The zero-order valence-electron chi connectivity index (χ0n) is 17.2. The summed E-state index contributed by atoms with van der Waals surface area (Å²) in [5.41, 5.74) is 4.45. The van der Waals surface area contributed by atoms with Crippen LogP contribution in [0.15, 0.2) is 55.1 Å². The molecule has 0 aliphatic carbocycles. The second kappa shape index (κ2) is 7.79. The van der Waals surface area contributed by atoms with Crippen LogP contribution in [0.2, 0.25) is 0 Å².